The average Bonchev–Trinajstić information content (AvgIpc) is 2.34. The highest BCUT2D eigenvalue weighted by Gasteiger charge is 2.10. The van der Waals surface area contributed by atoms with E-state index in [2.05, 4.69) is 58.1 Å². The van der Waals surface area contributed by atoms with Gasteiger partial charge in [0.1, 0.15) is 18.5 Å². The van der Waals surface area contributed by atoms with Gasteiger partial charge in [-0.05, 0) is 50.1 Å². The summed E-state index contributed by atoms with van der Waals surface area (Å²) in [4.78, 5) is 3.09. The first-order valence-electron chi connectivity index (χ1n) is 5.14. The summed E-state index contributed by atoms with van der Waals surface area (Å²) in [7, 11) is 0. The molecule has 0 aliphatic heterocycles. The second-order valence-electron chi connectivity index (χ2n) is 3.67. The maximum atomic E-state index is 9.92. The van der Waals surface area contributed by atoms with E-state index < -0.39 is 0 Å². The molecule has 0 radical (unpaired) electrons. The minimum absolute atomic E-state index is 0.253. The van der Waals surface area contributed by atoms with E-state index in [0.717, 1.165) is 20.3 Å². The third kappa shape index (κ3) is 3.46. The minimum atomic E-state index is 0.253. The van der Waals surface area contributed by atoms with Gasteiger partial charge >= 0.3 is 0 Å². The molecule has 2 aromatic rings. The zero-order chi connectivity index (χ0) is 13.1. The minimum Gasteiger partial charge on any atom is -0.506 e. The number of nitrogens with one attached hydrogen (secondary N) is 2. The Kier molecular flexibility index (Phi) is 4.64. The molecule has 0 fully saturated rings. The van der Waals surface area contributed by atoms with Gasteiger partial charge in [-0.15, -0.1) is 0 Å². The first-order valence-corrected chi connectivity index (χ1v) is 7.52. The van der Waals surface area contributed by atoms with Crippen molar-refractivity contribution >= 4 is 53.6 Å². The van der Waals surface area contributed by atoms with Crippen molar-refractivity contribution in [3.8, 4) is 5.75 Å². The number of hydrogen-bond acceptors (Lipinski definition) is 2. The molecule has 6 heteroatoms. The molecule has 0 unspecified atom stereocenters. The molecule has 0 spiro atoms. The molecule has 2 rings (SSSR count). The van der Waals surface area contributed by atoms with Crippen molar-refractivity contribution in [1.29, 1.82) is 0 Å². The van der Waals surface area contributed by atoms with Crippen LogP contribution in [0.2, 0.25) is 0 Å². The van der Waals surface area contributed by atoms with Gasteiger partial charge in [-0.1, -0.05) is 15.9 Å². The summed E-state index contributed by atoms with van der Waals surface area (Å²) < 4.78 is 2.58. The molecule has 0 amide bonds. The molecule has 1 aromatic heterocycles. The van der Waals surface area contributed by atoms with E-state index in [1.807, 2.05) is 30.5 Å². The second-order valence-corrected chi connectivity index (χ2v) is 6.36. The Morgan fingerprint density at radius 1 is 1.11 bits per heavy atom. The molecule has 94 valence electrons. The first kappa shape index (κ1) is 13.8. The van der Waals surface area contributed by atoms with E-state index in [4.69, 9.17) is 0 Å². The monoisotopic (exact) mass is 435 g/mol. The van der Waals surface area contributed by atoms with Crippen LogP contribution < -0.4 is 10.3 Å². The largest absolute Gasteiger partial charge is 0.506 e. The van der Waals surface area contributed by atoms with Gasteiger partial charge in [-0.25, -0.2) is 4.98 Å². The predicted octanol–water partition coefficient (Wildman–Crippen LogP) is 4.11. The third-order valence-corrected chi connectivity index (χ3v) is 3.91. The van der Waals surface area contributed by atoms with Crippen LogP contribution in [0.4, 0.5) is 5.82 Å². The number of hydrogen-bond donors (Lipinski definition) is 2. The summed E-state index contributed by atoms with van der Waals surface area (Å²) in [5.41, 5.74) is 0.813. The molecule has 1 heterocycles. The Hall–Kier alpha value is -0.590. The maximum absolute atomic E-state index is 9.92. The lowest BCUT2D eigenvalue weighted by atomic mass is 10.2. The topological polar surface area (TPSA) is 46.4 Å². The van der Waals surface area contributed by atoms with Crippen molar-refractivity contribution < 1.29 is 10.1 Å². The number of pyridine rings is 1. The number of phenolic OH excluding ortho intramolecular Hbond substituents is 1. The average molecular weight is 438 g/mol. The fraction of sp³-hybridized carbons (Fsp3) is 0.0833. The molecule has 0 saturated heterocycles. The van der Waals surface area contributed by atoms with Crippen LogP contribution in [0.3, 0.4) is 0 Å². The van der Waals surface area contributed by atoms with E-state index in [-0.39, 0.29) is 5.75 Å². The molecular weight excluding hydrogens is 428 g/mol. The summed E-state index contributed by atoms with van der Waals surface area (Å²) in [5.74, 6) is 1.14. The zero-order valence-electron chi connectivity index (χ0n) is 9.17. The Morgan fingerprint density at radius 3 is 2.56 bits per heavy atom. The highest BCUT2D eigenvalue weighted by atomic mass is 79.9. The fourth-order valence-corrected chi connectivity index (χ4v) is 3.02. The van der Waals surface area contributed by atoms with E-state index in [9.17, 15) is 5.11 Å². The van der Waals surface area contributed by atoms with Crippen LogP contribution in [0.1, 0.15) is 5.56 Å². The second kappa shape index (κ2) is 6.04. The van der Waals surface area contributed by atoms with Gasteiger partial charge in [0.2, 0.25) is 0 Å². The molecule has 0 aliphatic rings. The number of anilines is 1. The normalized spacial score (nSPS) is 10.4. The lowest BCUT2D eigenvalue weighted by Crippen LogP contribution is -2.12. The van der Waals surface area contributed by atoms with Crippen LogP contribution in [0.15, 0.2) is 43.9 Å². The van der Waals surface area contributed by atoms with Gasteiger partial charge in [0.05, 0.1) is 8.95 Å². The standard InChI is InChI=1S/C12H9Br3N2O/c13-8-1-2-11(17-6-8)16-5-7-3-9(14)4-10(15)12(7)18/h1-4,6,18H,5H2,(H,16,17)/p+1. The zero-order valence-corrected chi connectivity index (χ0v) is 13.9. The molecule has 0 saturated carbocycles. The van der Waals surface area contributed by atoms with E-state index in [1.165, 1.54) is 0 Å². The summed E-state index contributed by atoms with van der Waals surface area (Å²) in [6, 6.07) is 7.56. The van der Waals surface area contributed by atoms with Crippen LogP contribution in [0, 0.1) is 0 Å². The van der Waals surface area contributed by atoms with Crippen molar-refractivity contribution in [3.63, 3.8) is 0 Å². The van der Waals surface area contributed by atoms with Gasteiger partial charge in [0, 0.05) is 16.1 Å². The third-order valence-electron chi connectivity index (χ3n) is 2.35. The fourth-order valence-electron chi connectivity index (χ4n) is 1.46. The SMILES string of the molecule is Oc1c(Br)cc(Br)cc1CNc1ccc(Br)c[nH+]1. The molecule has 18 heavy (non-hydrogen) atoms. The first-order chi connectivity index (χ1) is 8.56. The number of benzene rings is 1. The van der Waals surface area contributed by atoms with Crippen LogP contribution in [0.25, 0.3) is 0 Å². The molecular formula is C12H10Br3N2O+. The lowest BCUT2D eigenvalue weighted by Gasteiger charge is -2.06. The van der Waals surface area contributed by atoms with Crippen molar-refractivity contribution in [2.24, 2.45) is 0 Å². The van der Waals surface area contributed by atoms with Crippen molar-refractivity contribution in [2.45, 2.75) is 6.54 Å². The number of H-pyrrole nitrogens is 1. The van der Waals surface area contributed by atoms with Crippen LogP contribution in [-0.2, 0) is 6.54 Å². The number of halogens is 3. The summed E-state index contributed by atoms with van der Waals surface area (Å²) >= 11 is 10.1. The smallest absolute Gasteiger partial charge is 0.272 e. The van der Waals surface area contributed by atoms with Crippen LogP contribution in [0.5, 0.6) is 5.75 Å². The highest BCUT2D eigenvalue weighted by Crippen LogP contribution is 2.31. The quantitative estimate of drug-likeness (QED) is 0.759. The Morgan fingerprint density at radius 2 is 1.89 bits per heavy atom. The van der Waals surface area contributed by atoms with Gasteiger partial charge < -0.3 is 5.11 Å². The van der Waals surface area contributed by atoms with E-state index >= 15 is 0 Å². The van der Waals surface area contributed by atoms with Gasteiger partial charge in [-0.2, -0.15) is 0 Å². The summed E-state index contributed by atoms with van der Waals surface area (Å²) in [6.07, 6.45) is 1.85. The predicted molar refractivity (Wildman–Crippen MR) is 81.5 cm³/mol. The Balaban J connectivity index is 2.13. The highest BCUT2D eigenvalue weighted by molar-refractivity contribution is 9.11. The molecule has 1 aromatic carbocycles. The number of rotatable bonds is 3. The number of phenols is 1. The molecule has 0 atom stereocenters. The molecule has 0 aliphatic carbocycles. The van der Waals surface area contributed by atoms with Gasteiger partial charge in [0.15, 0.2) is 0 Å². The molecule has 0 bridgehead atoms. The number of aromatic hydroxyl groups is 1. The maximum Gasteiger partial charge on any atom is 0.272 e. The van der Waals surface area contributed by atoms with Gasteiger partial charge in [-0.3, -0.25) is 5.32 Å². The summed E-state index contributed by atoms with van der Waals surface area (Å²) in [5, 5.41) is 13.1. The number of aromatic amines is 1. The van der Waals surface area contributed by atoms with Crippen molar-refractivity contribution in [1.82, 2.24) is 0 Å². The number of aromatic nitrogens is 1. The van der Waals surface area contributed by atoms with Gasteiger partial charge in [0.25, 0.3) is 5.82 Å². The Labute approximate surface area is 130 Å². The van der Waals surface area contributed by atoms with E-state index in [1.54, 1.807) is 0 Å². The lowest BCUT2D eigenvalue weighted by molar-refractivity contribution is -0.362. The molecule has 3 nitrogen and oxygen atoms in total. The van der Waals surface area contributed by atoms with Crippen molar-refractivity contribution in [3.05, 3.63) is 49.4 Å². The summed E-state index contributed by atoms with van der Waals surface area (Å²) in [6.45, 7) is 0.530. The van der Waals surface area contributed by atoms with Crippen molar-refractivity contribution in [2.75, 3.05) is 5.32 Å². The van der Waals surface area contributed by atoms with Crippen LogP contribution in [-0.4, -0.2) is 5.11 Å². The van der Waals surface area contributed by atoms with Crippen LogP contribution >= 0.6 is 47.8 Å². The van der Waals surface area contributed by atoms with E-state index in [0.29, 0.717) is 11.0 Å². The Bertz CT molecular complexity index is 558. The molecule has 3 N–H and O–H groups in total.